The van der Waals surface area contributed by atoms with Gasteiger partial charge in [0, 0.05) is 11.6 Å². The second-order valence-corrected chi connectivity index (χ2v) is 8.06. The van der Waals surface area contributed by atoms with Gasteiger partial charge >= 0.3 is 5.97 Å². The molecule has 0 saturated carbocycles. The van der Waals surface area contributed by atoms with E-state index in [4.69, 9.17) is 9.15 Å². The van der Waals surface area contributed by atoms with Gasteiger partial charge in [-0.15, -0.1) is 0 Å². The lowest BCUT2D eigenvalue weighted by Crippen LogP contribution is -2.37. The standard InChI is InChI=1S/C20H18FNO5S/c1-20(2,3)27-17(23)11-22-18(24)16(28-19(22)25)10-14-8-9-15(26-14)12-4-6-13(21)7-5-12/h4-10H,11H2,1-3H3. The van der Waals surface area contributed by atoms with Crippen LogP contribution in [0.5, 0.6) is 0 Å². The van der Waals surface area contributed by atoms with E-state index in [1.807, 2.05) is 0 Å². The molecule has 2 amide bonds. The normalized spacial score (nSPS) is 16.1. The van der Waals surface area contributed by atoms with Gasteiger partial charge in [-0.3, -0.25) is 19.3 Å². The molecule has 0 atom stereocenters. The molecule has 2 heterocycles. The monoisotopic (exact) mass is 403 g/mol. The van der Waals surface area contributed by atoms with Crippen molar-refractivity contribution in [3.05, 3.63) is 52.9 Å². The maximum atomic E-state index is 13.0. The topological polar surface area (TPSA) is 76.8 Å². The molecule has 6 nitrogen and oxygen atoms in total. The van der Waals surface area contributed by atoms with E-state index in [1.54, 1.807) is 45.0 Å². The van der Waals surface area contributed by atoms with Crippen LogP contribution in [0.2, 0.25) is 0 Å². The third-order valence-corrected chi connectivity index (χ3v) is 4.52. The molecule has 1 aliphatic rings. The van der Waals surface area contributed by atoms with Crippen molar-refractivity contribution >= 4 is 35.0 Å². The smallest absolute Gasteiger partial charge is 0.326 e. The highest BCUT2D eigenvalue weighted by Crippen LogP contribution is 2.33. The molecule has 3 rings (SSSR count). The maximum Gasteiger partial charge on any atom is 0.326 e. The van der Waals surface area contributed by atoms with E-state index in [9.17, 15) is 18.8 Å². The number of ether oxygens (including phenoxy) is 1. The van der Waals surface area contributed by atoms with Gasteiger partial charge in [0.15, 0.2) is 0 Å². The van der Waals surface area contributed by atoms with Crippen molar-refractivity contribution in [2.24, 2.45) is 0 Å². The van der Waals surface area contributed by atoms with E-state index in [1.165, 1.54) is 18.2 Å². The summed E-state index contributed by atoms with van der Waals surface area (Å²) in [6.07, 6.45) is 1.44. The van der Waals surface area contributed by atoms with E-state index in [2.05, 4.69) is 0 Å². The number of nitrogens with zero attached hydrogens (tertiary/aromatic N) is 1. The maximum absolute atomic E-state index is 13.0. The number of furan rings is 1. The van der Waals surface area contributed by atoms with Gasteiger partial charge in [-0.25, -0.2) is 4.39 Å². The fourth-order valence-electron chi connectivity index (χ4n) is 2.47. The molecule has 146 valence electrons. The molecular weight excluding hydrogens is 385 g/mol. The fourth-order valence-corrected chi connectivity index (χ4v) is 3.29. The highest BCUT2D eigenvalue weighted by molar-refractivity contribution is 8.18. The number of hydrogen-bond donors (Lipinski definition) is 0. The second-order valence-electron chi connectivity index (χ2n) is 7.06. The minimum atomic E-state index is -0.709. The van der Waals surface area contributed by atoms with E-state index in [0.29, 0.717) is 17.1 Å². The Balaban J connectivity index is 1.73. The van der Waals surface area contributed by atoms with Crippen molar-refractivity contribution in [2.75, 3.05) is 6.54 Å². The number of amides is 2. The lowest BCUT2D eigenvalue weighted by molar-refractivity contribution is -0.156. The van der Waals surface area contributed by atoms with Gasteiger partial charge in [0.2, 0.25) is 0 Å². The van der Waals surface area contributed by atoms with Gasteiger partial charge in [-0.1, -0.05) is 0 Å². The summed E-state index contributed by atoms with van der Waals surface area (Å²) < 4.78 is 23.8. The average Bonchev–Trinajstić information content (AvgIpc) is 3.15. The molecule has 8 heteroatoms. The van der Waals surface area contributed by atoms with Crippen molar-refractivity contribution < 1.29 is 27.9 Å². The first kappa shape index (κ1) is 19.9. The number of thioether (sulfide) groups is 1. The number of imide groups is 1. The minimum absolute atomic E-state index is 0.147. The Hall–Kier alpha value is -2.87. The Labute approximate surface area is 165 Å². The van der Waals surface area contributed by atoms with E-state index < -0.39 is 29.3 Å². The minimum Gasteiger partial charge on any atom is -0.459 e. The lowest BCUT2D eigenvalue weighted by Gasteiger charge is -2.21. The van der Waals surface area contributed by atoms with Gasteiger partial charge < -0.3 is 9.15 Å². The van der Waals surface area contributed by atoms with Crippen molar-refractivity contribution in [2.45, 2.75) is 26.4 Å². The molecule has 1 aliphatic heterocycles. The van der Waals surface area contributed by atoms with Crippen LogP contribution in [0.4, 0.5) is 9.18 Å². The lowest BCUT2D eigenvalue weighted by atomic mass is 10.2. The zero-order chi connectivity index (χ0) is 20.5. The van der Waals surface area contributed by atoms with Crippen molar-refractivity contribution in [3.8, 4) is 11.3 Å². The van der Waals surface area contributed by atoms with Crippen molar-refractivity contribution in [1.82, 2.24) is 4.90 Å². The van der Waals surface area contributed by atoms with Crippen molar-refractivity contribution in [1.29, 1.82) is 0 Å². The summed E-state index contributed by atoms with van der Waals surface area (Å²) in [7, 11) is 0. The third-order valence-electron chi connectivity index (χ3n) is 3.61. The molecule has 1 aromatic heterocycles. The second kappa shape index (κ2) is 7.63. The summed E-state index contributed by atoms with van der Waals surface area (Å²) in [4.78, 5) is 37.5. The molecule has 0 spiro atoms. The number of benzene rings is 1. The number of halogens is 1. The number of carbonyl (C=O) groups excluding carboxylic acids is 3. The van der Waals surface area contributed by atoms with Crippen LogP contribution in [0, 0.1) is 5.82 Å². The largest absolute Gasteiger partial charge is 0.459 e. The van der Waals surface area contributed by atoms with Gasteiger partial charge in [0.25, 0.3) is 11.1 Å². The molecule has 28 heavy (non-hydrogen) atoms. The Bertz CT molecular complexity index is 956. The van der Waals surface area contributed by atoms with Crippen LogP contribution < -0.4 is 0 Å². The Morgan fingerprint density at radius 3 is 2.50 bits per heavy atom. The molecule has 0 aliphatic carbocycles. The summed E-state index contributed by atoms with van der Waals surface area (Å²) in [5, 5.41) is -0.549. The molecule has 1 saturated heterocycles. The molecule has 0 N–H and O–H groups in total. The van der Waals surface area contributed by atoms with Gasteiger partial charge in [-0.2, -0.15) is 0 Å². The first-order valence-electron chi connectivity index (χ1n) is 8.45. The van der Waals surface area contributed by atoms with Crippen LogP contribution in [0.3, 0.4) is 0 Å². The number of rotatable bonds is 4. The van der Waals surface area contributed by atoms with E-state index in [0.717, 1.165) is 16.7 Å². The zero-order valence-electron chi connectivity index (χ0n) is 15.5. The highest BCUT2D eigenvalue weighted by atomic mass is 32.2. The highest BCUT2D eigenvalue weighted by Gasteiger charge is 2.37. The summed E-state index contributed by atoms with van der Waals surface area (Å²) >= 11 is 0.725. The SMILES string of the molecule is CC(C)(C)OC(=O)CN1C(=O)SC(=Cc2ccc(-c3ccc(F)cc3)o2)C1=O. The quantitative estimate of drug-likeness (QED) is 0.554. The molecule has 0 radical (unpaired) electrons. The van der Waals surface area contributed by atoms with Crippen LogP contribution in [0.25, 0.3) is 17.4 Å². The first-order chi connectivity index (χ1) is 13.1. The molecular formula is C20H18FNO5S. The Morgan fingerprint density at radius 1 is 1.18 bits per heavy atom. The van der Waals surface area contributed by atoms with Crippen LogP contribution in [0.15, 0.2) is 45.7 Å². The molecule has 0 unspecified atom stereocenters. The number of esters is 1. The first-order valence-corrected chi connectivity index (χ1v) is 9.27. The van der Waals surface area contributed by atoms with Crippen LogP contribution in [-0.2, 0) is 14.3 Å². The van der Waals surface area contributed by atoms with Gasteiger partial charge in [-0.05, 0) is 68.9 Å². The van der Waals surface area contributed by atoms with Crippen molar-refractivity contribution in [3.63, 3.8) is 0 Å². The molecule has 0 bridgehead atoms. The number of hydrogen-bond acceptors (Lipinski definition) is 6. The molecule has 1 aromatic carbocycles. The summed E-state index contributed by atoms with van der Waals surface area (Å²) in [5.74, 6) is -0.733. The predicted molar refractivity (Wildman–Crippen MR) is 103 cm³/mol. The Morgan fingerprint density at radius 2 is 1.86 bits per heavy atom. The summed E-state index contributed by atoms with van der Waals surface area (Å²) in [6, 6.07) is 9.11. The third kappa shape index (κ3) is 4.69. The van der Waals surface area contributed by atoms with Crippen LogP contribution >= 0.6 is 11.8 Å². The van der Waals surface area contributed by atoms with Crippen LogP contribution in [0.1, 0.15) is 26.5 Å². The molecule has 2 aromatic rings. The molecule has 1 fully saturated rings. The average molecular weight is 403 g/mol. The van der Waals surface area contributed by atoms with E-state index >= 15 is 0 Å². The summed E-state index contributed by atoms with van der Waals surface area (Å²) in [5.41, 5.74) is -0.0290. The number of carbonyl (C=O) groups is 3. The zero-order valence-corrected chi connectivity index (χ0v) is 16.3. The predicted octanol–water partition coefficient (Wildman–Crippen LogP) is 4.46. The van der Waals surface area contributed by atoms with Gasteiger partial charge in [0.05, 0.1) is 4.91 Å². The van der Waals surface area contributed by atoms with E-state index in [-0.39, 0.29) is 10.7 Å². The van der Waals surface area contributed by atoms with Crippen LogP contribution in [-0.4, -0.2) is 34.2 Å². The Kier molecular flexibility index (Phi) is 5.42. The van der Waals surface area contributed by atoms with Gasteiger partial charge in [0.1, 0.15) is 29.5 Å². The summed E-state index contributed by atoms with van der Waals surface area (Å²) in [6.45, 7) is 4.66. The fraction of sp³-hybridized carbons (Fsp3) is 0.250.